The molecule has 0 bridgehead atoms. The van der Waals surface area contributed by atoms with Crippen molar-refractivity contribution in [2.45, 2.75) is 6.54 Å². The fourth-order valence-electron chi connectivity index (χ4n) is 1.96. The van der Waals surface area contributed by atoms with E-state index >= 15 is 0 Å². The summed E-state index contributed by atoms with van der Waals surface area (Å²) in [6.45, 7) is 0.837. The minimum Gasteiger partial charge on any atom is -0.320 e. The molecule has 0 aliphatic carbocycles. The monoisotopic (exact) mass is 284 g/mol. The van der Waals surface area contributed by atoms with Gasteiger partial charge in [0, 0.05) is 22.8 Å². The van der Waals surface area contributed by atoms with Gasteiger partial charge in [-0.25, -0.2) is 4.52 Å². The van der Waals surface area contributed by atoms with Crippen molar-refractivity contribution in [2.75, 3.05) is 6.54 Å². The third-order valence-electron chi connectivity index (χ3n) is 2.92. The Labute approximate surface area is 119 Å². The lowest BCUT2D eigenvalue weighted by Crippen LogP contribution is -2.21. The zero-order valence-electron chi connectivity index (χ0n) is 10.6. The molecule has 0 atom stereocenters. The van der Waals surface area contributed by atoms with Gasteiger partial charge in [0.1, 0.15) is 5.52 Å². The van der Waals surface area contributed by atoms with Gasteiger partial charge in [-0.05, 0) is 17.5 Å². The van der Waals surface area contributed by atoms with Gasteiger partial charge in [0.25, 0.3) is 5.56 Å². The fraction of sp³-hybridized carbons (Fsp3) is 0.143. The Bertz CT molecular complexity index is 862. The van der Waals surface area contributed by atoms with Crippen molar-refractivity contribution in [3.05, 3.63) is 56.9 Å². The van der Waals surface area contributed by atoms with Crippen molar-refractivity contribution >= 4 is 16.9 Å². The van der Waals surface area contributed by atoms with E-state index in [2.05, 4.69) is 16.9 Å². The second-order valence-corrected chi connectivity index (χ2v) is 5.16. The molecule has 0 aliphatic heterocycles. The highest BCUT2D eigenvalue weighted by atomic mass is 32.1. The first-order valence-electron chi connectivity index (χ1n) is 6.07. The summed E-state index contributed by atoms with van der Waals surface area (Å²) in [5.41, 5.74) is 6.83. The van der Waals surface area contributed by atoms with Crippen LogP contribution in [-0.4, -0.2) is 20.7 Å². The maximum absolute atomic E-state index is 12.3. The zero-order valence-corrected chi connectivity index (χ0v) is 11.4. The number of rotatable bonds is 2. The number of nitrogens with two attached hydrogens (primary N) is 1. The predicted molar refractivity (Wildman–Crippen MR) is 78.8 cm³/mol. The van der Waals surface area contributed by atoms with Gasteiger partial charge in [-0.1, -0.05) is 11.8 Å². The lowest BCUT2D eigenvalue weighted by molar-refractivity contribution is 0.750. The standard InChI is InChI=1S/C14H12N4OS/c15-5-1-2-11-4-9-20-13(11)10-17-7-8-18-12(14(17)19)3-6-16-18/h3-4,6-9H,5,10,15H2. The van der Waals surface area contributed by atoms with E-state index in [4.69, 9.17) is 5.73 Å². The van der Waals surface area contributed by atoms with Crippen LogP contribution in [-0.2, 0) is 6.54 Å². The van der Waals surface area contributed by atoms with E-state index in [-0.39, 0.29) is 5.56 Å². The normalized spacial score (nSPS) is 10.4. The van der Waals surface area contributed by atoms with E-state index in [1.165, 1.54) is 0 Å². The van der Waals surface area contributed by atoms with Crippen LogP contribution in [0.1, 0.15) is 10.4 Å². The molecule has 0 aliphatic rings. The van der Waals surface area contributed by atoms with Gasteiger partial charge < -0.3 is 10.3 Å². The molecular formula is C14H12N4OS. The Hall–Kier alpha value is -2.36. The minimum absolute atomic E-state index is 0.0591. The van der Waals surface area contributed by atoms with Gasteiger partial charge in [0.15, 0.2) is 0 Å². The van der Waals surface area contributed by atoms with E-state index in [0.29, 0.717) is 18.6 Å². The SMILES string of the molecule is NCC#Cc1ccsc1Cn1ccn2nccc2c1=O. The molecule has 6 heteroatoms. The average Bonchev–Trinajstić information content (AvgIpc) is 3.09. The number of hydrogen-bond acceptors (Lipinski definition) is 4. The molecule has 3 rings (SSSR count). The molecule has 0 fully saturated rings. The van der Waals surface area contributed by atoms with Crippen molar-refractivity contribution in [3.8, 4) is 11.8 Å². The zero-order chi connectivity index (χ0) is 13.9. The molecule has 3 aromatic rings. The van der Waals surface area contributed by atoms with Crippen LogP contribution in [0, 0.1) is 11.8 Å². The van der Waals surface area contributed by atoms with Crippen molar-refractivity contribution in [1.29, 1.82) is 0 Å². The quantitative estimate of drug-likeness (QED) is 0.712. The Morgan fingerprint density at radius 3 is 3.10 bits per heavy atom. The maximum Gasteiger partial charge on any atom is 0.276 e. The lowest BCUT2D eigenvalue weighted by Gasteiger charge is -2.05. The van der Waals surface area contributed by atoms with Crippen LogP contribution in [0.5, 0.6) is 0 Å². The van der Waals surface area contributed by atoms with Gasteiger partial charge in [0.05, 0.1) is 19.3 Å². The summed E-state index contributed by atoms with van der Waals surface area (Å²) in [4.78, 5) is 13.3. The van der Waals surface area contributed by atoms with E-state index in [1.807, 2.05) is 11.4 Å². The molecule has 0 saturated heterocycles. The van der Waals surface area contributed by atoms with Crippen LogP contribution < -0.4 is 11.3 Å². The summed E-state index contributed by atoms with van der Waals surface area (Å²) >= 11 is 1.59. The first-order valence-corrected chi connectivity index (χ1v) is 6.95. The van der Waals surface area contributed by atoms with Gasteiger partial charge in [0.2, 0.25) is 0 Å². The smallest absolute Gasteiger partial charge is 0.276 e. The van der Waals surface area contributed by atoms with Gasteiger partial charge in [-0.3, -0.25) is 4.79 Å². The molecular weight excluding hydrogens is 272 g/mol. The number of nitrogens with zero attached hydrogens (tertiary/aromatic N) is 3. The van der Waals surface area contributed by atoms with E-state index in [9.17, 15) is 4.79 Å². The molecule has 0 unspecified atom stereocenters. The predicted octanol–water partition coefficient (Wildman–Crippen LogP) is 0.916. The number of fused-ring (bicyclic) bond motifs is 1. The largest absolute Gasteiger partial charge is 0.320 e. The third-order valence-corrected chi connectivity index (χ3v) is 3.83. The van der Waals surface area contributed by atoms with E-state index in [1.54, 1.807) is 45.1 Å². The van der Waals surface area contributed by atoms with Gasteiger partial charge in [-0.15, -0.1) is 11.3 Å². The van der Waals surface area contributed by atoms with Crippen LogP contribution in [0.25, 0.3) is 5.52 Å². The molecule has 0 aromatic carbocycles. The average molecular weight is 284 g/mol. The molecule has 3 heterocycles. The van der Waals surface area contributed by atoms with Crippen molar-refractivity contribution < 1.29 is 0 Å². The van der Waals surface area contributed by atoms with Gasteiger partial charge in [-0.2, -0.15) is 5.10 Å². The van der Waals surface area contributed by atoms with Crippen molar-refractivity contribution in [3.63, 3.8) is 0 Å². The Kier molecular flexibility index (Phi) is 3.37. The molecule has 5 nitrogen and oxygen atoms in total. The molecule has 2 N–H and O–H groups in total. The molecule has 100 valence electrons. The molecule has 3 aromatic heterocycles. The van der Waals surface area contributed by atoms with Crippen LogP contribution in [0.15, 0.2) is 40.9 Å². The van der Waals surface area contributed by atoms with E-state index in [0.717, 1.165) is 10.4 Å². The Balaban J connectivity index is 1.99. The van der Waals surface area contributed by atoms with Crippen molar-refractivity contribution in [1.82, 2.24) is 14.2 Å². The second-order valence-electron chi connectivity index (χ2n) is 4.16. The summed E-state index contributed by atoms with van der Waals surface area (Å²) in [7, 11) is 0. The minimum atomic E-state index is -0.0591. The highest BCUT2D eigenvalue weighted by molar-refractivity contribution is 7.10. The topological polar surface area (TPSA) is 65.3 Å². The first kappa shape index (κ1) is 12.7. The second kappa shape index (κ2) is 5.33. The fourth-order valence-corrected chi connectivity index (χ4v) is 2.79. The maximum atomic E-state index is 12.3. The van der Waals surface area contributed by atoms with Crippen molar-refractivity contribution in [2.24, 2.45) is 5.73 Å². The molecule has 0 amide bonds. The lowest BCUT2D eigenvalue weighted by atomic mass is 10.2. The van der Waals surface area contributed by atoms with Crippen LogP contribution in [0.4, 0.5) is 0 Å². The van der Waals surface area contributed by atoms with Crippen LogP contribution >= 0.6 is 11.3 Å². The Morgan fingerprint density at radius 1 is 1.35 bits per heavy atom. The number of aromatic nitrogens is 3. The molecule has 0 saturated carbocycles. The first-order chi connectivity index (χ1) is 9.79. The highest BCUT2D eigenvalue weighted by Crippen LogP contribution is 2.16. The third kappa shape index (κ3) is 2.25. The number of thiophene rings is 1. The Morgan fingerprint density at radius 2 is 2.25 bits per heavy atom. The summed E-state index contributed by atoms with van der Waals surface area (Å²) in [5.74, 6) is 5.87. The van der Waals surface area contributed by atoms with Gasteiger partial charge >= 0.3 is 0 Å². The summed E-state index contributed by atoms with van der Waals surface area (Å²) in [5, 5.41) is 6.02. The van der Waals surface area contributed by atoms with Crippen LogP contribution in [0.2, 0.25) is 0 Å². The summed E-state index contributed by atoms with van der Waals surface area (Å²) < 4.78 is 3.23. The summed E-state index contributed by atoms with van der Waals surface area (Å²) in [6, 6.07) is 3.66. The molecule has 0 radical (unpaired) electrons. The van der Waals surface area contributed by atoms with E-state index < -0.39 is 0 Å². The molecule has 0 spiro atoms. The van der Waals surface area contributed by atoms with Crippen LogP contribution in [0.3, 0.4) is 0 Å². The molecule has 20 heavy (non-hydrogen) atoms. The summed E-state index contributed by atoms with van der Waals surface area (Å²) in [6.07, 6.45) is 5.13. The number of hydrogen-bond donors (Lipinski definition) is 1. The highest BCUT2D eigenvalue weighted by Gasteiger charge is 2.07.